The van der Waals surface area contributed by atoms with Crippen molar-refractivity contribution in [1.82, 2.24) is 15.0 Å². The SMILES string of the molecule is CNc1nc(NNc2c(F)c(F)cc(F)c2F)cc(-c2cccnc2)n1. The lowest BCUT2D eigenvalue weighted by Gasteiger charge is -2.13. The van der Waals surface area contributed by atoms with Gasteiger partial charge in [-0.1, -0.05) is 0 Å². The Hall–Kier alpha value is -3.43. The number of nitrogens with zero attached hydrogens (tertiary/aromatic N) is 3. The largest absolute Gasteiger partial charge is 0.357 e. The van der Waals surface area contributed by atoms with Gasteiger partial charge < -0.3 is 5.32 Å². The van der Waals surface area contributed by atoms with Crippen LogP contribution >= 0.6 is 0 Å². The molecule has 2 heterocycles. The Morgan fingerprint density at radius 1 is 0.923 bits per heavy atom. The Kier molecular flexibility index (Phi) is 4.83. The predicted octanol–water partition coefficient (Wildman–Crippen LogP) is 3.58. The first-order chi connectivity index (χ1) is 12.5. The highest BCUT2D eigenvalue weighted by Gasteiger charge is 2.19. The van der Waals surface area contributed by atoms with Gasteiger partial charge in [-0.15, -0.1) is 0 Å². The molecule has 0 amide bonds. The zero-order chi connectivity index (χ0) is 18.7. The van der Waals surface area contributed by atoms with Gasteiger partial charge in [0.15, 0.2) is 29.1 Å². The fourth-order valence-corrected chi connectivity index (χ4v) is 2.09. The number of hydrogen-bond acceptors (Lipinski definition) is 6. The second-order valence-corrected chi connectivity index (χ2v) is 5.05. The van der Waals surface area contributed by atoms with Crippen LogP contribution in [0.15, 0.2) is 36.7 Å². The van der Waals surface area contributed by atoms with E-state index in [9.17, 15) is 17.6 Å². The molecule has 6 nitrogen and oxygen atoms in total. The molecule has 0 bridgehead atoms. The number of aromatic nitrogens is 3. The number of rotatable bonds is 5. The molecule has 0 saturated heterocycles. The minimum absolute atomic E-state index is 0.103. The lowest BCUT2D eigenvalue weighted by atomic mass is 10.2. The van der Waals surface area contributed by atoms with Crippen molar-refractivity contribution in [1.29, 1.82) is 0 Å². The summed E-state index contributed by atoms with van der Waals surface area (Å²) in [5, 5.41) is 2.74. The van der Waals surface area contributed by atoms with Crippen molar-refractivity contribution in [2.75, 3.05) is 23.2 Å². The van der Waals surface area contributed by atoms with E-state index in [0.717, 1.165) is 0 Å². The topological polar surface area (TPSA) is 74.8 Å². The summed E-state index contributed by atoms with van der Waals surface area (Å²) in [7, 11) is 1.58. The summed E-state index contributed by atoms with van der Waals surface area (Å²) in [6.45, 7) is 0. The van der Waals surface area contributed by atoms with Gasteiger partial charge in [-0.25, -0.2) is 22.5 Å². The molecule has 0 unspecified atom stereocenters. The van der Waals surface area contributed by atoms with Crippen LogP contribution in [0.2, 0.25) is 0 Å². The Morgan fingerprint density at radius 2 is 1.65 bits per heavy atom. The second kappa shape index (κ2) is 7.21. The maximum absolute atomic E-state index is 13.7. The van der Waals surface area contributed by atoms with Crippen LogP contribution in [0, 0.1) is 23.3 Å². The number of nitrogens with one attached hydrogen (secondary N) is 3. The molecule has 0 atom stereocenters. The maximum Gasteiger partial charge on any atom is 0.225 e. The molecular formula is C16H12F4N6. The molecule has 0 aliphatic heterocycles. The van der Waals surface area contributed by atoms with E-state index in [2.05, 4.69) is 31.1 Å². The minimum Gasteiger partial charge on any atom is -0.357 e. The average molecular weight is 364 g/mol. The number of halogens is 4. The Morgan fingerprint density at radius 3 is 2.27 bits per heavy atom. The molecule has 0 aliphatic rings. The molecule has 26 heavy (non-hydrogen) atoms. The third kappa shape index (κ3) is 3.48. The van der Waals surface area contributed by atoms with Crippen molar-refractivity contribution in [3.63, 3.8) is 0 Å². The molecule has 2 aromatic heterocycles. The first-order valence-corrected chi connectivity index (χ1v) is 7.32. The number of hydrogen-bond donors (Lipinski definition) is 3. The highest BCUT2D eigenvalue weighted by atomic mass is 19.2. The summed E-state index contributed by atoms with van der Waals surface area (Å²) in [5.74, 6) is -5.86. The standard InChI is InChI=1S/C16H12F4N6/c1-21-16-23-11(8-3-2-4-22-7-8)6-12(24-16)25-26-15-13(19)9(17)5-10(18)14(15)20/h2-7,26H,1H3,(H2,21,23,24,25). The monoisotopic (exact) mass is 364 g/mol. The Balaban J connectivity index is 1.92. The molecule has 0 spiro atoms. The van der Waals surface area contributed by atoms with Gasteiger partial charge in [0.1, 0.15) is 5.69 Å². The van der Waals surface area contributed by atoms with Gasteiger partial charge >= 0.3 is 0 Å². The van der Waals surface area contributed by atoms with Gasteiger partial charge in [0.2, 0.25) is 5.95 Å². The number of anilines is 3. The van der Waals surface area contributed by atoms with Crippen LogP contribution in [0.25, 0.3) is 11.3 Å². The molecular weight excluding hydrogens is 352 g/mol. The van der Waals surface area contributed by atoms with Crippen molar-refractivity contribution < 1.29 is 17.6 Å². The van der Waals surface area contributed by atoms with Gasteiger partial charge in [-0.05, 0) is 12.1 Å². The zero-order valence-corrected chi connectivity index (χ0v) is 13.3. The molecule has 3 N–H and O–H groups in total. The summed E-state index contributed by atoms with van der Waals surface area (Å²) in [5.41, 5.74) is 4.63. The molecule has 3 aromatic rings. The van der Waals surface area contributed by atoms with E-state index < -0.39 is 29.0 Å². The van der Waals surface area contributed by atoms with Crippen LogP contribution in [0.4, 0.5) is 35.0 Å². The van der Waals surface area contributed by atoms with Crippen molar-refractivity contribution in [2.24, 2.45) is 0 Å². The van der Waals surface area contributed by atoms with E-state index in [-0.39, 0.29) is 17.8 Å². The Labute approximate surface area is 145 Å². The van der Waals surface area contributed by atoms with E-state index in [1.54, 1.807) is 31.6 Å². The highest BCUT2D eigenvalue weighted by Crippen LogP contribution is 2.25. The number of hydrazine groups is 1. The zero-order valence-electron chi connectivity index (χ0n) is 13.3. The van der Waals surface area contributed by atoms with E-state index in [1.165, 1.54) is 6.07 Å². The van der Waals surface area contributed by atoms with Crippen LogP contribution in [0.5, 0.6) is 0 Å². The summed E-state index contributed by atoms with van der Waals surface area (Å²) in [6, 6.07) is 5.06. The molecule has 0 fully saturated rings. The van der Waals surface area contributed by atoms with E-state index in [0.29, 0.717) is 11.3 Å². The molecule has 3 rings (SSSR count). The van der Waals surface area contributed by atoms with Crippen LogP contribution < -0.4 is 16.2 Å². The normalized spacial score (nSPS) is 10.5. The predicted molar refractivity (Wildman–Crippen MR) is 88.3 cm³/mol. The second-order valence-electron chi connectivity index (χ2n) is 5.05. The molecule has 0 aliphatic carbocycles. The van der Waals surface area contributed by atoms with Crippen LogP contribution in [0.1, 0.15) is 0 Å². The molecule has 0 radical (unpaired) electrons. The maximum atomic E-state index is 13.7. The fraction of sp³-hybridized carbons (Fsp3) is 0.0625. The summed E-state index contributed by atoms with van der Waals surface area (Å²) in [4.78, 5) is 12.3. The molecule has 1 aromatic carbocycles. The lowest BCUT2D eigenvalue weighted by Crippen LogP contribution is -2.15. The summed E-state index contributed by atoms with van der Waals surface area (Å²) in [6.07, 6.45) is 3.16. The van der Waals surface area contributed by atoms with Crippen molar-refractivity contribution in [3.05, 3.63) is 59.9 Å². The smallest absolute Gasteiger partial charge is 0.225 e. The summed E-state index contributed by atoms with van der Waals surface area (Å²) >= 11 is 0. The van der Waals surface area contributed by atoms with Crippen molar-refractivity contribution in [3.8, 4) is 11.3 Å². The van der Waals surface area contributed by atoms with E-state index >= 15 is 0 Å². The molecule has 10 heteroatoms. The number of benzene rings is 1. The summed E-state index contributed by atoms with van der Waals surface area (Å²) < 4.78 is 53.9. The third-order valence-electron chi connectivity index (χ3n) is 3.33. The van der Waals surface area contributed by atoms with Gasteiger partial charge in [-0.3, -0.25) is 15.8 Å². The van der Waals surface area contributed by atoms with E-state index in [4.69, 9.17) is 0 Å². The van der Waals surface area contributed by atoms with Crippen LogP contribution in [-0.4, -0.2) is 22.0 Å². The number of pyridine rings is 1. The van der Waals surface area contributed by atoms with Gasteiger partial charge in [0.25, 0.3) is 0 Å². The van der Waals surface area contributed by atoms with Crippen molar-refractivity contribution >= 4 is 17.5 Å². The fourth-order valence-electron chi connectivity index (χ4n) is 2.09. The quantitative estimate of drug-likeness (QED) is 0.365. The minimum atomic E-state index is -1.56. The van der Waals surface area contributed by atoms with Gasteiger partial charge in [-0.2, -0.15) is 4.98 Å². The van der Waals surface area contributed by atoms with E-state index in [1.807, 2.05) is 0 Å². The Bertz CT molecular complexity index is 910. The third-order valence-corrected chi connectivity index (χ3v) is 3.33. The first-order valence-electron chi connectivity index (χ1n) is 7.32. The highest BCUT2D eigenvalue weighted by molar-refractivity contribution is 5.64. The van der Waals surface area contributed by atoms with Crippen molar-refractivity contribution in [2.45, 2.75) is 0 Å². The lowest BCUT2D eigenvalue weighted by molar-refractivity contribution is 0.459. The molecule has 0 saturated carbocycles. The van der Waals surface area contributed by atoms with Crippen LogP contribution in [0.3, 0.4) is 0 Å². The first kappa shape index (κ1) is 17.4. The molecule has 134 valence electrons. The van der Waals surface area contributed by atoms with Crippen LogP contribution in [-0.2, 0) is 0 Å². The average Bonchev–Trinajstić information content (AvgIpc) is 2.67. The van der Waals surface area contributed by atoms with Gasteiger partial charge in [0.05, 0.1) is 5.69 Å². The van der Waals surface area contributed by atoms with Gasteiger partial charge in [0, 0.05) is 37.1 Å².